The number of hydrogen-bond donors (Lipinski definition) is 3. The Labute approximate surface area is 138 Å². The Kier molecular flexibility index (Phi) is 5.18. The van der Waals surface area contributed by atoms with Gasteiger partial charge >= 0.3 is 0 Å². The number of phenols is 1. The van der Waals surface area contributed by atoms with Crippen LogP contribution >= 0.6 is 11.6 Å². The zero-order chi connectivity index (χ0) is 16.8. The Bertz CT molecular complexity index is 795. The fourth-order valence-electron chi connectivity index (χ4n) is 1.73. The molecule has 0 fully saturated rings. The molecule has 0 aliphatic rings. The molecule has 1 heterocycles. The summed E-state index contributed by atoms with van der Waals surface area (Å²) >= 11 is 5.73. The average Bonchev–Trinajstić information content (AvgIpc) is 2.52. The summed E-state index contributed by atoms with van der Waals surface area (Å²) in [6.07, 6.45) is 2.71. The van der Waals surface area contributed by atoms with Gasteiger partial charge in [-0.1, -0.05) is 11.6 Å². The number of nitriles is 1. The number of hydrogen-bond acceptors (Lipinski definition) is 5. The normalized spacial score (nSPS) is 10.7. The number of anilines is 2. The van der Waals surface area contributed by atoms with Gasteiger partial charge in [-0.25, -0.2) is 4.98 Å². The predicted octanol–water partition coefficient (Wildman–Crippen LogP) is 3.21. The molecule has 1 aromatic heterocycles. The summed E-state index contributed by atoms with van der Waals surface area (Å²) in [5, 5.41) is 24.3. The monoisotopic (exact) mass is 328 g/mol. The van der Waals surface area contributed by atoms with Crippen molar-refractivity contribution in [2.24, 2.45) is 0 Å². The lowest BCUT2D eigenvalue weighted by molar-refractivity contribution is -0.112. The average molecular weight is 329 g/mol. The molecule has 0 bridgehead atoms. The minimum atomic E-state index is -0.567. The maximum Gasteiger partial charge on any atom is 0.267 e. The van der Waals surface area contributed by atoms with Gasteiger partial charge in [-0.05, 0) is 42.8 Å². The molecule has 0 spiro atoms. The number of aryl methyl sites for hydroxylation is 1. The molecule has 3 N–H and O–H groups in total. The van der Waals surface area contributed by atoms with Gasteiger partial charge in [-0.2, -0.15) is 5.26 Å². The van der Waals surface area contributed by atoms with Crippen LogP contribution in [0.2, 0.25) is 5.02 Å². The van der Waals surface area contributed by atoms with Gasteiger partial charge in [-0.15, -0.1) is 0 Å². The largest absolute Gasteiger partial charge is 0.508 e. The molecular formula is C16H13ClN4O2. The van der Waals surface area contributed by atoms with Crippen molar-refractivity contribution in [1.82, 2.24) is 4.98 Å². The van der Waals surface area contributed by atoms with Crippen molar-refractivity contribution >= 4 is 29.0 Å². The van der Waals surface area contributed by atoms with E-state index in [4.69, 9.17) is 16.9 Å². The van der Waals surface area contributed by atoms with E-state index in [9.17, 15) is 9.90 Å². The molecule has 0 aliphatic heterocycles. The van der Waals surface area contributed by atoms with E-state index in [1.54, 1.807) is 25.1 Å². The molecule has 116 valence electrons. The first-order valence-corrected chi connectivity index (χ1v) is 6.96. The number of benzene rings is 1. The number of phenolic OH excluding ortho intramolecular Hbond substituents is 1. The first-order valence-electron chi connectivity index (χ1n) is 6.59. The van der Waals surface area contributed by atoms with Crippen LogP contribution in [-0.2, 0) is 4.79 Å². The van der Waals surface area contributed by atoms with Crippen LogP contribution in [0.15, 0.2) is 48.3 Å². The number of aromatic hydroxyl groups is 1. The Morgan fingerprint density at radius 2 is 2.17 bits per heavy atom. The maximum absolute atomic E-state index is 12.1. The molecule has 1 aromatic carbocycles. The van der Waals surface area contributed by atoms with Crippen molar-refractivity contribution in [2.75, 3.05) is 10.6 Å². The highest BCUT2D eigenvalue weighted by molar-refractivity contribution is 6.30. The summed E-state index contributed by atoms with van der Waals surface area (Å²) < 4.78 is 0. The molecular weight excluding hydrogens is 316 g/mol. The molecule has 7 heteroatoms. The lowest BCUT2D eigenvalue weighted by Crippen LogP contribution is -2.15. The molecule has 2 aromatic rings. The Morgan fingerprint density at radius 3 is 2.78 bits per heavy atom. The van der Waals surface area contributed by atoms with Gasteiger partial charge in [0, 0.05) is 18.1 Å². The Balaban J connectivity index is 2.10. The molecule has 2 rings (SSSR count). The van der Waals surface area contributed by atoms with Gasteiger partial charge < -0.3 is 15.7 Å². The minimum absolute atomic E-state index is 0.104. The number of carbonyl (C=O) groups excluding carboxylic acids is 1. The summed E-state index contributed by atoms with van der Waals surface area (Å²) in [6, 6.07) is 9.60. The SMILES string of the molecule is Cc1cc(O)ccc1NC(=O)/C(C#N)=C\Nc1ccc(Cl)cn1. The number of pyridine rings is 1. The fraction of sp³-hybridized carbons (Fsp3) is 0.0625. The second kappa shape index (κ2) is 7.29. The van der Waals surface area contributed by atoms with E-state index in [-0.39, 0.29) is 11.3 Å². The van der Waals surface area contributed by atoms with Crippen LogP contribution in [0.4, 0.5) is 11.5 Å². The van der Waals surface area contributed by atoms with Crippen molar-refractivity contribution in [3.8, 4) is 11.8 Å². The second-order valence-electron chi connectivity index (χ2n) is 4.63. The van der Waals surface area contributed by atoms with Crippen molar-refractivity contribution in [3.05, 3.63) is 58.9 Å². The van der Waals surface area contributed by atoms with Crippen LogP contribution in [0.3, 0.4) is 0 Å². The van der Waals surface area contributed by atoms with E-state index < -0.39 is 5.91 Å². The first kappa shape index (κ1) is 16.3. The molecule has 23 heavy (non-hydrogen) atoms. The van der Waals surface area contributed by atoms with E-state index in [0.29, 0.717) is 22.1 Å². The third kappa shape index (κ3) is 4.46. The minimum Gasteiger partial charge on any atom is -0.508 e. The number of carbonyl (C=O) groups is 1. The summed E-state index contributed by atoms with van der Waals surface area (Å²) in [7, 11) is 0. The van der Waals surface area contributed by atoms with Crippen LogP contribution < -0.4 is 10.6 Å². The first-order chi connectivity index (χ1) is 11.0. The maximum atomic E-state index is 12.1. The summed E-state index contributed by atoms with van der Waals surface area (Å²) in [5.41, 5.74) is 1.08. The van der Waals surface area contributed by atoms with Gasteiger partial charge in [0.25, 0.3) is 5.91 Å². The molecule has 0 unspecified atom stereocenters. The lowest BCUT2D eigenvalue weighted by atomic mass is 10.2. The number of rotatable bonds is 4. The zero-order valence-electron chi connectivity index (χ0n) is 12.2. The second-order valence-corrected chi connectivity index (χ2v) is 5.07. The highest BCUT2D eigenvalue weighted by Crippen LogP contribution is 2.20. The Hall–Kier alpha value is -3.04. The summed E-state index contributed by atoms with van der Waals surface area (Å²) in [5.74, 6) is -0.00876. The summed E-state index contributed by atoms with van der Waals surface area (Å²) in [4.78, 5) is 16.1. The standard InChI is InChI=1S/C16H13ClN4O2/c1-10-6-13(22)3-4-14(10)21-16(23)11(7-18)8-19-15-5-2-12(17)9-20-15/h2-6,8-9,22H,1H3,(H,19,20)(H,21,23)/b11-8-. The molecule has 1 amide bonds. The molecule has 0 radical (unpaired) electrons. The molecule has 0 saturated carbocycles. The van der Waals surface area contributed by atoms with Gasteiger partial charge in [0.05, 0.1) is 5.02 Å². The van der Waals surface area contributed by atoms with Crippen LogP contribution in [0.1, 0.15) is 5.56 Å². The van der Waals surface area contributed by atoms with Gasteiger partial charge in [0.15, 0.2) is 0 Å². The molecule has 6 nitrogen and oxygen atoms in total. The van der Waals surface area contributed by atoms with Gasteiger partial charge in [0.1, 0.15) is 23.2 Å². The van der Waals surface area contributed by atoms with Crippen molar-refractivity contribution < 1.29 is 9.90 Å². The van der Waals surface area contributed by atoms with Crippen LogP contribution in [0.25, 0.3) is 0 Å². The highest BCUT2D eigenvalue weighted by Gasteiger charge is 2.11. The van der Waals surface area contributed by atoms with Crippen molar-refractivity contribution in [3.63, 3.8) is 0 Å². The molecule has 0 atom stereocenters. The quantitative estimate of drug-likeness (QED) is 0.455. The zero-order valence-corrected chi connectivity index (χ0v) is 12.9. The van der Waals surface area contributed by atoms with Crippen molar-refractivity contribution in [1.29, 1.82) is 5.26 Å². The number of amides is 1. The third-order valence-corrected chi connectivity index (χ3v) is 3.14. The summed E-state index contributed by atoms with van der Waals surface area (Å²) in [6.45, 7) is 1.74. The number of nitrogens with zero attached hydrogens (tertiary/aromatic N) is 2. The third-order valence-electron chi connectivity index (χ3n) is 2.92. The molecule has 0 saturated heterocycles. The molecule has 0 aliphatic carbocycles. The number of nitrogens with one attached hydrogen (secondary N) is 2. The van der Waals surface area contributed by atoms with E-state index in [1.807, 2.05) is 6.07 Å². The van der Waals surface area contributed by atoms with E-state index >= 15 is 0 Å². The Morgan fingerprint density at radius 1 is 1.39 bits per heavy atom. The van der Waals surface area contributed by atoms with Crippen LogP contribution in [-0.4, -0.2) is 16.0 Å². The van der Waals surface area contributed by atoms with Crippen LogP contribution in [0, 0.1) is 18.3 Å². The van der Waals surface area contributed by atoms with Gasteiger partial charge in [0.2, 0.25) is 0 Å². The smallest absolute Gasteiger partial charge is 0.267 e. The van der Waals surface area contributed by atoms with Gasteiger partial charge in [-0.3, -0.25) is 4.79 Å². The van der Waals surface area contributed by atoms with Crippen LogP contribution in [0.5, 0.6) is 5.75 Å². The van der Waals surface area contributed by atoms with E-state index in [1.165, 1.54) is 24.5 Å². The van der Waals surface area contributed by atoms with E-state index in [2.05, 4.69) is 15.6 Å². The van der Waals surface area contributed by atoms with Crippen molar-refractivity contribution in [2.45, 2.75) is 6.92 Å². The highest BCUT2D eigenvalue weighted by atomic mass is 35.5. The topological polar surface area (TPSA) is 98.0 Å². The van der Waals surface area contributed by atoms with E-state index in [0.717, 1.165) is 0 Å². The predicted molar refractivity (Wildman–Crippen MR) is 88.0 cm³/mol. The fourth-order valence-corrected chi connectivity index (χ4v) is 1.85. The number of halogens is 1. The number of aromatic nitrogens is 1. The lowest BCUT2D eigenvalue weighted by Gasteiger charge is -2.08.